The van der Waals surface area contributed by atoms with Crippen molar-refractivity contribution in [1.29, 1.82) is 0 Å². The Kier molecular flexibility index (Phi) is 5.87. The van der Waals surface area contributed by atoms with Crippen LogP contribution in [-0.2, 0) is 6.42 Å². The summed E-state index contributed by atoms with van der Waals surface area (Å²) in [6.07, 6.45) is 0.778. The second-order valence-electron chi connectivity index (χ2n) is 5.51. The predicted molar refractivity (Wildman–Crippen MR) is 90.3 cm³/mol. The molecule has 116 valence electrons. The van der Waals surface area contributed by atoms with Gasteiger partial charge < -0.3 is 9.47 Å². The lowest BCUT2D eigenvalue weighted by molar-refractivity contribution is 0.320. The lowest BCUT2D eigenvalue weighted by Gasteiger charge is -2.10. The summed E-state index contributed by atoms with van der Waals surface area (Å²) in [6, 6.07) is 13.1. The Bertz CT molecular complexity index is 597. The Morgan fingerprint density at radius 2 is 1.64 bits per heavy atom. The van der Waals surface area contributed by atoms with E-state index in [1.165, 1.54) is 11.6 Å². The monoisotopic (exact) mass is 300 g/mol. The van der Waals surface area contributed by atoms with Crippen LogP contribution < -0.4 is 14.9 Å². The molecule has 0 aromatic heterocycles. The molecule has 0 amide bonds. The Hall–Kier alpha value is -1.97. The molecular formula is C18H22BFO2. The molecule has 0 unspecified atom stereocenters. The standard InChI is InChI=1S/C18H22BFO2/c1-4-21-15-7-5-14(6-8-15)11-12-22-16-9-10-17(19(2)3)18(20)13-16/h5-10,13H,4,11-12H2,1-3H3. The second-order valence-corrected chi connectivity index (χ2v) is 5.51. The van der Waals surface area contributed by atoms with Gasteiger partial charge in [-0.05, 0) is 36.1 Å². The smallest absolute Gasteiger partial charge is 0.173 e. The third kappa shape index (κ3) is 4.52. The molecule has 0 aliphatic heterocycles. The lowest BCUT2D eigenvalue weighted by Crippen LogP contribution is -2.25. The molecule has 0 saturated heterocycles. The number of ether oxygens (including phenoxy) is 2. The van der Waals surface area contributed by atoms with E-state index in [1.54, 1.807) is 6.07 Å². The van der Waals surface area contributed by atoms with Gasteiger partial charge in [0.2, 0.25) is 0 Å². The van der Waals surface area contributed by atoms with Crippen molar-refractivity contribution in [3.8, 4) is 11.5 Å². The quantitative estimate of drug-likeness (QED) is 0.724. The van der Waals surface area contributed by atoms with Gasteiger partial charge in [0, 0.05) is 12.5 Å². The van der Waals surface area contributed by atoms with Crippen LogP contribution in [-0.4, -0.2) is 19.9 Å². The van der Waals surface area contributed by atoms with Gasteiger partial charge in [-0.1, -0.05) is 31.8 Å². The first kappa shape index (κ1) is 16.4. The predicted octanol–water partition coefficient (Wildman–Crippen LogP) is 3.81. The topological polar surface area (TPSA) is 18.5 Å². The van der Waals surface area contributed by atoms with E-state index in [0.717, 1.165) is 17.6 Å². The highest BCUT2D eigenvalue weighted by Crippen LogP contribution is 2.14. The molecule has 0 atom stereocenters. The summed E-state index contributed by atoms with van der Waals surface area (Å²) in [6.45, 7) is 7.29. The van der Waals surface area contributed by atoms with E-state index in [0.29, 0.717) is 19.0 Å². The van der Waals surface area contributed by atoms with Crippen LogP contribution in [0.1, 0.15) is 12.5 Å². The van der Waals surface area contributed by atoms with Gasteiger partial charge in [-0.15, -0.1) is 0 Å². The minimum absolute atomic E-state index is 0.179. The largest absolute Gasteiger partial charge is 0.494 e. The first-order valence-corrected chi connectivity index (χ1v) is 7.74. The number of hydrogen-bond donors (Lipinski definition) is 0. The summed E-state index contributed by atoms with van der Waals surface area (Å²) in [5.74, 6) is 1.25. The molecule has 0 saturated carbocycles. The first-order chi connectivity index (χ1) is 10.6. The van der Waals surface area contributed by atoms with Crippen LogP contribution in [0.4, 0.5) is 4.39 Å². The molecule has 0 spiro atoms. The Labute approximate surface area is 132 Å². The van der Waals surface area contributed by atoms with Crippen molar-refractivity contribution in [3.63, 3.8) is 0 Å². The van der Waals surface area contributed by atoms with E-state index < -0.39 is 0 Å². The number of hydrogen-bond acceptors (Lipinski definition) is 2. The Morgan fingerprint density at radius 1 is 0.955 bits per heavy atom. The number of halogens is 1. The fraction of sp³-hybridized carbons (Fsp3) is 0.333. The van der Waals surface area contributed by atoms with Crippen LogP contribution in [0.15, 0.2) is 42.5 Å². The third-order valence-corrected chi connectivity index (χ3v) is 3.49. The summed E-state index contributed by atoms with van der Waals surface area (Å²) < 4.78 is 24.9. The Morgan fingerprint density at radius 3 is 2.23 bits per heavy atom. The molecule has 0 fully saturated rings. The van der Waals surface area contributed by atoms with Crippen molar-refractivity contribution < 1.29 is 13.9 Å². The van der Waals surface area contributed by atoms with E-state index in [1.807, 2.05) is 50.9 Å². The van der Waals surface area contributed by atoms with Gasteiger partial charge in [0.15, 0.2) is 6.71 Å². The summed E-state index contributed by atoms with van der Waals surface area (Å²) in [5.41, 5.74) is 1.89. The van der Waals surface area contributed by atoms with Crippen molar-refractivity contribution in [2.45, 2.75) is 27.0 Å². The lowest BCUT2D eigenvalue weighted by atomic mass is 9.49. The van der Waals surface area contributed by atoms with Crippen molar-refractivity contribution in [2.75, 3.05) is 13.2 Å². The van der Waals surface area contributed by atoms with E-state index in [9.17, 15) is 4.39 Å². The molecule has 2 nitrogen and oxygen atoms in total. The molecular weight excluding hydrogens is 278 g/mol. The van der Waals surface area contributed by atoms with Gasteiger partial charge in [-0.2, -0.15) is 0 Å². The highest BCUT2D eigenvalue weighted by Gasteiger charge is 2.10. The zero-order chi connectivity index (χ0) is 15.9. The summed E-state index contributed by atoms with van der Waals surface area (Å²) in [5, 5.41) is 0. The molecule has 2 rings (SSSR count). The second kappa shape index (κ2) is 7.88. The van der Waals surface area contributed by atoms with Crippen molar-refractivity contribution >= 4 is 12.2 Å². The van der Waals surface area contributed by atoms with Crippen LogP contribution >= 0.6 is 0 Å². The van der Waals surface area contributed by atoms with E-state index >= 15 is 0 Å². The molecule has 0 heterocycles. The van der Waals surface area contributed by atoms with Gasteiger partial charge in [0.25, 0.3) is 0 Å². The molecule has 4 heteroatoms. The van der Waals surface area contributed by atoms with Crippen LogP contribution in [0.25, 0.3) is 0 Å². The molecule has 0 N–H and O–H groups in total. The van der Waals surface area contributed by atoms with E-state index in [4.69, 9.17) is 9.47 Å². The normalized spacial score (nSPS) is 10.4. The molecule has 0 aliphatic rings. The zero-order valence-corrected chi connectivity index (χ0v) is 13.4. The minimum atomic E-state index is -0.200. The van der Waals surface area contributed by atoms with Crippen LogP contribution in [0.2, 0.25) is 13.6 Å². The van der Waals surface area contributed by atoms with Crippen molar-refractivity contribution in [1.82, 2.24) is 0 Å². The third-order valence-electron chi connectivity index (χ3n) is 3.49. The maximum Gasteiger partial charge on any atom is 0.173 e. The number of benzene rings is 2. The van der Waals surface area contributed by atoms with Crippen LogP contribution in [0.5, 0.6) is 11.5 Å². The van der Waals surface area contributed by atoms with Crippen LogP contribution in [0, 0.1) is 5.82 Å². The summed E-state index contributed by atoms with van der Waals surface area (Å²) in [4.78, 5) is 0. The molecule has 22 heavy (non-hydrogen) atoms. The SMILES string of the molecule is CCOc1ccc(CCOc2ccc(B(C)C)c(F)c2)cc1. The molecule has 0 aliphatic carbocycles. The van der Waals surface area contributed by atoms with E-state index in [-0.39, 0.29) is 12.5 Å². The molecule has 0 bridgehead atoms. The van der Waals surface area contributed by atoms with Gasteiger partial charge >= 0.3 is 0 Å². The van der Waals surface area contributed by atoms with E-state index in [2.05, 4.69) is 0 Å². The van der Waals surface area contributed by atoms with Gasteiger partial charge in [0.1, 0.15) is 17.3 Å². The fourth-order valence-corrected chi connectivity index (χ4v) is 2.27. The average molecular weight is 300 g/mol. The Balaban J connectivity index is 1.87. The van der Waals surface area contributed by atoms with Crippen LogP contribution in [0.3, 0.4) is 0 Å². The summed E-state index contributed by atoms with van der Waals surface area (Å²) >= 11 is 0. The average Bonchev–Trinajstić information content (AvgIpc) is 2.49. The highest BCUT2D eigenvalue weighted by molar-refractivity contribution is 6.70. The maximum atomic E-state index is 13.9. The number of rotatable bonds is 7. The molecule has 2 aromatic rings. The molecule has 0 radical (unpaired) electrons. The van der Waals surface area contributed by atoms with Gasteiger partial charge in [0.05, 0.1) is 13.2 Å². The first-order valence-electron chi connectivity index (χ1n) is 7.74. The zero-order valence-electron chi connectivity index (χ0n) is 13.4. The van der Waals surface area contributed by atoms with Gasteiger partial charge in [-0.25, -0.2) is 4.39 Å². The van der Waals surface area contributed by atoms with Crippen molar-refractivity contribution in [2.24, 2.45) is 0 Å². The fourth-order valence-electron chi connectivity index (χ4n) is 2.27. The summed E-state index contributed by atoms with van der Waals surface area (Å²) in [7, 11) is 0. The maximum absolute atomic E-state index is 13.9. The van der Waals surface area contributed by atoms with Crippen molar-refractivity contribution in [3.05, 3.63) is 53.8 Å². The minimum Gasteiger partial charge on any atom is -0.494 e. The molecule has 2 aromatic carbocycles. The highest BCUT2D eigenvalue weighted by atomic mass is 19.1. The van der Waals surface area contributed by atoms with Gasteiger partial charge in [-0.3, -0.25) is 0 Å².